The molecule has 1 fully saturated rings. The molecule has 16 heavy (non-hydrogen) atoms. The Bertz CT molecular complexity index is 359. The van der Waals surface area contributed by atoms with E-state index in [9.17, 15) is 4.79 Å². The van der Waals surface area contributed by atoms with Crippen LogP contribution in [0.2, 0.25) is 0 Å². The summed E-state index contributed by atoms with van der Waals surface area (Å²) in [5.74, 6) is 3.76. The molecular formula is C10H16N4OS. The molecule has 0 bridgehead atoms. The van der Waals surface area contributed by atoms with E-state index in [1.165, 1.54) is 24.3 Å². The second kappa shape index (κ2) is 5.34. The van der Waals surface area contributed by atoms with Crippen LogP contribution >= 0.6 is 11.8 Å². The van der Waals surface area contributed by atoms with E-state index >= 15 is 0 Å². The minimum atomic E-state index is -0.178. The van der Waals surface area contributed by atoms with Gasteiger partial charge in [0.2, 0.25) is 5.82 Å². The SMILES string of the molecule is Cc1nc(C(=O)NCC2CCSCC2)n[nH]1. The number of carbonyl (C=O) groups excluding carboxylic acids is 1. The van der Waals surface area contributed by atoms with Gasteiger partial charge in [-0.25, -0.2) is 4.98 Å². The molecule has 6 heteroatoms. The highest BCUT2D eigenvalue weighted by Gasteiger charge is 2.16. The molecule has 1 aromatic heterocycles. The van der Waals surface area contributed by atoms with Gasteiger partial charge in [-0.1, -0.05) is 0 Å². The minimum Gasteiger partial charge on any atom is -0.349 e. The molecule has 88 valence electrons. The molecule has 1 saturated heterocycles. The van der Waals surface area contributed by atoms with Gasteiger partial charge in [-0.05, 0) is 37.2 Å². The number of aryl methyl sites for hydroxylation is 1. The summed E-state index contributed by atoms with van der Waals surface area (Å²) >= 11 is 1.99. The van der Waals surface area contributed by atoms with Crippen LogP contribution in [0.25, 0.3) is 0 Å². The van der Waals surface area contributed by atoms with E-state index < -0.39 is 0 Å². The van der Waals surface area contributed by atoms with Gasteiger partial charge >= 0.3 is 0 Å². The first kappa shape index (κ1) is 11.4. The largest absolute Gasteiger partial charge is 0.349 e. The molecule has 0 atom stereocenters. The average molecular weight is 240 g/mol. The maximum Gasteiger partial charge on any atom is 0.290 e. The van der Waals surface area contributed by atoms with Crippen LogP contribution in [0.3, 0.4) is 0 Å². The molecular weight excluding hydrogens is 224 g/mol. The average Bonchev–Trinajstić information content (AvgIpc) is 2.74. The molecule has 5 nitrogen and oxygen atoms in total. The van der Waals surface area contributed by atoms with Crippen molar-refractivity contribution in [2.45, 2.75) is 19.8 Å². The smallest absolute Gasteiger partial charge is 0.290 e. The van der Waals surface area contributed by atoms with E-state index in [-0.39, 0.29) is 11.7 Å². The molecule has 1 amide bonds. The lowest BCUT2D eigenvalue weighted by Crippen LogP contribution is -2.31. The number of aromatic nitrogens is 3. The Morgan fingerprint density at radius 1 is 1.56 bits per heavy atom. The Morgan fingerprint density at radius 3 is 2.94 bits per heavy atom. The van der Waals surface area contributed by atoms with Crippen molar-refractivity contribution >= 4 is 17.7 Å². The van der Waals surface area contributed by atoms with Gasteiger partial charge in [0.25, 0.3) is 5.91 Å². The van der Waals surface area contributed by atoms with E-state index in [1.54, 1.807) is 6.92 Å². The van der Waals surface area contributed by atoms with Crippen molar-refractivity contribution in [1.29, 1.82) is 0 Å². The number of H-pyrrole nitrogens is 1. The summed E-state index contributed by atoms with van der Waals surface area (Å²) in [4.78, 5) is 15.6. The van der Waals surface area contributed by atoms with Gasteiger partial charge in [-0.15, -0.1) is 5.10 Å². The predicted molar refractivity (Wildman–Crippen MR) is 63.5 cm³/mol. The zero-order valence-electron chi connectivity index (χ0n) is 9.32. The Morgan fingerprint density at radius 2 is 2.31 bits per heavy atom. The number of amides is 1. The third kappa shape index (κ3) is 2.98. The summed E-state index contributed by atoms with van der Waals surface area (Å²) < 4.78 is 0. The number of hydrogen-bond acceptors (Lipinski definition) is 4. The van der Waals surface area contributed by atoms with Crippen LogP contribution in [0.15, 0.2) is 0 Å². The van der Waals surface area contributed by atoms with Crippen molar-refractivity contribution in [2.75, 3.05) is 18.1 Å². The highest BCUT2D eigenvalue weighted by molar-refractivity contribution is 7.99. The summed E-state index contributed by atoms with van der Waals surface area (Å²) in [6.07, 6.45) is 2.38. The summed E-state index contributed by atoms with van der Waals surface area (Å²) in [6.45, 7) is 2.52. The molecule has 1 aliphatic rings. The van der Waals surface area contributed by atoms with Crippen LogP contribution < -0.4 is 5.32 Å². The normalized spacial score (nSPS) is 17.3. The second-order valence-electron chi connectivity index (χ2n) is 4.01. The van der Waals surface area contributed by atoms with Gasteiger partial charge in [0, 0.05) is 6.54 Å². The number of thioether (sulfide) groups is 1. The van der Waals surface area contributed by atoms with Crippen LogP contribution in [-0.4, -0.2) is 39.1 Å². The summed E-state index contributed by atoms with van der Waals surface area (Å²) in [5, 5.41) is 9.38. The number of nitrogens with zero attached hydrogens (tertiary/aromatic N) is 2. The zero-order chi connectivity index (χ0) is 11.4. The van der Waals surface area contributed by atoms with Gasteiger partial charge in [0.1, 0.15) is 5.82 Å². The number of nitrogens with one attached hydrogen (secondary N) is 2. The fourth-order valence-electron chi connectivity index (χ4n) is 1.71. The van der Waals surface area contributed by atoms with Crippen molar-refractivity contribution < 1.29 is 4.79 Å². The molecule has 0 aromatic carbocycles. The van der Waals surface area contributed by atoms with E-state index in [0.29, 0.717) is 11.7 Å². The van der Waals surface area contributed by atoms with Crippen molar-refractivity contribution in [3.05, 3.63) is 11.6 Å². The fourth-order valence-corrected chi connectivity index (χ4v) is 2.91. The van der Waals surface area contributed by atoms with Crippen molar-refractivity contribution in [2.24, 2.45) is 5.92 Å². The quantitative estimate of drug-likeness (QED) is 0.826. The van der Waals surface area contributed by atoms with Crippen molar-refractivity contribution in [3.63, 3.8) is 0 Å². The van der Waals surface area contributed by atoms with Gasteiger partial charge in [0.15, 0.2) is 0 Å². The van der Waals surface area contributed by atoms with Crippen LogP contribution in [0.4, 0.5) is 0 Å². The van der Waals surface area contributed by atoms with Crippen molar-refractivity contribution in [3.8, 4) is 0 Å². The highest BCUT2D eigenvalue weighted by atomic mass is 32.2. The van der Waals surface area contributed by atoms with E-state index in [0.717, 1.165) is 6.54 Å². The molecule has 2 N–H and O–H groups in total. The number of aromatic amines is 1. The number of rotatable bonds is 3. The lowest BCUT2D eigenvalue weighted by molar-refractivity contribution is 0.0936. The standard InChI is InChI=1S/C10H16N4OS/c1-7-12-9(14-13-7)10(15)11-6-8-2-4-16-5-3-8/h8H,2-6H2,1H3,(H,11,15)(H,12,13,14). The Kier molecular flexibility index (Phi) is 3.82. The van der Waals surface area contributed by atoms with Crippen LogP contribution in [0.5, 0.6) is 0 Å². The third-order valence-corrected chi connectivity index (χ3v) is 3.74. The monoisotopic (exact) mass is 240 g/mol. The van der Waals surface area contributed by atoms with Crippen LogP contribution in [-0.2, 0) is 0 Å². The van der Waals surface area contributed by atoms with Crippen LogP contribution in [0, 0.1) is 12.8 Å². The molecule has 0 unspecified atom stereocenters. The predicted octanol–water partition coefficient (Wildman–Crippen LogP) is 0.986. The number of carbonyl (C=O) groups is 1. The van der Waals surface area contributed by atoms with Gasteiger partial charge in [0.05, 0.1) is 0 Å². The van der Waals surface area contributed by atoms with E-state index in [2.05, 4.69) is 20.5 Å². The molecule has 1 aromatic rings. The van der Waals surface area contributed by atoms with Gasteiger partial charge in [-0.2, -0.15) is 11.8 Å². The molecule has 2 rings (SSSR count). The molecule has 0 saturated carbocycles. The minimum absolute atomic E-state index is 0.178. The van der Waals surface area contributed by atoms with Gasteiger partial charge in [-0.3, -0.25) is 9.89 Å². The fraction of sp³-hybridized carbons (Fsp3) is 0.700. The summed E-state index contributed by atoms with van der Waals surface area (Å²) in [7, 11) is 0. The zero-order valence-corrected chi connectivity index (χ0v) is 10.1. The molecule has 0 spiro atoms. The summed E-state index contributed by atoms with van der Waals surface area (Å²) in [6, 6.07) is 0. The Hall–Kier alpha value is -1.04. The van der Waals surface area contributed by atoms with E-state index in [4.69, 9.17) is 0 Å². The molecule has 0 aliphatic carbocycles. The Labute approximate surface area is 98.8 Å². The number of hydrogen-bond donors (Lipinski definition) is 2. The first-order valence-corrected chi connectivity index (χ1v) is 6.66. The summed E-state index contributed by atoms with van der Waals surface area (Å²) in [5.41, 5.74) is 0. The second-order valence-corrected chi connectivity index (χ2v) is 5.23. The van der Waals surface area contributed by atoms with Crippen LogP contribution in [0.1, 0.15) is 29.3 Å². The third-order valence-electron chi connectivity index (χ3n) is 2.69. The maximum atomic E-state index is 11.6. The lowest BCUT2D eigenvalue weighted by atomic mass is 10.0. The molecule has 1 aliphatic heterocycles. The van der Waals surface area contributed by atoms with Gasteiger partial charge < -0.3 is 5.32 Å². The van der Waals surface area contributed by atoms with E-state index in [1.807, 2.05) is 11.8 Å². The molecule has 2 heterocycles. The first-order chi connectivity index (χ1) is 7.75. The lowest BCUT2D eigenvalue weighted by Gasteiger charge is -2.21. The Balaban J connectivity index is 1.79. The van der Waals surface area contributed by atoms with Crippen molar-refractivity contribution in [1.82, 2.24) is 20.5 Å². The first-order valence-electron chi connectivity index (χ1n) is 5.50. The topological polar surface area (TPSA) is 70.7 Å². The maximum absolute atomic E-state index is 11.6. The molecule has 0 radical (unpaired) electrons. The highest BCUT2D eigenvalue weighted by Crippen LogP contribution is 2.21.